The number of anilines is 1. The predicted octanol–water partition coefficient (Wildman–Crippen LogP) is 6.60. The van der Waals surface area contributed by atoms with Crippen molar-refractivity contribution in [3.63, 3.8) is 0 Å². The van der Waals surface area contributed by atoms with Crippen molar-refractivity contribution in [3.8, 4) is 0 Å². The molecule has 0 radical (unpaired) electrons. The van der Waals surface area contributed by atoms with E-state index < -0.39 is 16.8 Å². The lowest BCUT2D eigenvalue weighted by atomic mass is 10.1. The molecule has 3 aromatic carbocycles. The Morgan fingerprint density at radius 3 is 1.92 bits per heavy atom. The van der Waals surface area contributed by atoms with E-state index in [1.54, 1.807) is 36.4 Å². The summed E-state index contributed by atoms with van der Waals surface area (Å²) in [6, 6.07) is 21.4. The van der Waals surface area contributed by atoms with Gasteiger partial charge in [0.1, 0.15) is 0 Å². The quantitative estimate of drug-likeness (QED) is 0.198. The fourth-order valence-electron chi connectivity index (χ4n) is 3.65. The number of aryl methyl sites for hydroxylation is 2. The van der Waals surface area contributed by atoms with Gasteiger partial charge in [0.2, 0.25) is 0 Å². The van der Waals surface area contributed by atoms with Gasteiger partial charge in [-0.3, -0.25) is 24.9 Å². The van der Waals surface area contributed by atoms with Crippen molar-refractivity contribution in [1.29, 1.82) is 0 Å². The number of benzene rings is 3. The number of nitrogens with zero attached hydrogens (tertiary/aromatic N) is 3. The predicted molar refractivity (Wildman–Crippen MR) is 146 cm³/mol. The van der Waals surface area contributed by atoms with Crippen molar-refractivity contribution < 1.29 is 19.6 Å². The molecule has 1 amide bonds. The third kappa shape index (κ3) is 6.08. The van der Waals surface area contributed by atoms with E-state index in [-0.39, 0.29) is 16.4 Å². The number of rotatable bonds is 4. The highest BCUT2D eigenvalue weighted by Gasteiger charge is 2.14. The van der Waals surface area contributed by atoms with Crippen LogP contribution in [-0.4, -0.2) is 31.9 Å². The highest BCUT2D eigenvalue weighted by molar-refractivity contribution is 6.34. The van der Waals surface area contributed by atoms with Crippen LogP contribution in [0.1, 0.15) is 32.1 Å². The molecule has 10 heteroatoms. The van der Waals surface area contributed by atoms with Crippen LogP contribution in [0.2, 0.25) is 5.02 Å². The number of carboxylic acids is 1. The summed E-state index contributed by atoms with van der Waals surface area (Å²) in [5.74, 6) is -1.31. The summed E-state index contributed by atoms with van der Waals surface area (Å²) in [4.78, 5) is 42.0. The first kappa shape index (κ1) is 26.2. The Morgan fingerprint density at radius 2 is 1.37 bits per heavy atom. The number of halogens is 1. The van der Waals surface area contributed by atoms with Crippen molar-refractivity contribution in [1.82, 2.24) is 9.97 Å². The lowest BCUT2D eigenvalue weighted by molar-refractivity contribution is -0.384. The molecule has 0 saturated heterocycles. The van der Waals surface area contributed by atoms with E-state index in [2.05, 4.69) is 15.3 Å². The van der Waals surface area contributed by atoms with Gasteiger partial charge in [-0.05, 0) is 68.4 Å². The molecule has 0 saturated carbocycles. The Bertz CT molecular complexity index is 1720. The molecule has 0 spiro atoms. The summed E-state index contributed by atoms with van der Waals surface area (Å²) >= 11 is 6.00. The largest absolute Gasteiger partial charge is 0.478 e. The molecule has 0 unspecified atom stereocenters. The van der Waals surface area contributed by atoms with Gasteiger partial charge < -0.3 is 10.4 Å². The maximum Gasteiger partial charge on any atom is 0.335 e. The molecule has 9 nitrogen and oxygen atoms in total. The number of aromatic carboxylic acids is 1. The first-order chi connectivity index (χ1) is 18.1. The standard InChI is InChI=1S/C17H12ClN3O3.C11H9NO2/c1-10-2-3-11-8-12(4-7-15(11)19-10)17(22)20-16-9-13(21(23)24)5-6-14(16)18;1-7-2-3-8-6-9(11(13)14)4-5-10(8)12-7/h2-9H,1H3,(H,20,22);2-6H,1H3,(H,13,14). The Hall–Kier alpha value is -4.89. The molecule has 2 heterocycles. The average molecular weight is 529 g/mol. The third-order valence-corrected chi connectivity index (χ3v) is 5.90. The number of amides is 1. The van der Waals surface area contributed by atoms with Crippen LogP contribution in [0, 0.1) is 24.0 Å². The summed E-state index contributed by atoms with van der Waals surface area (Å²) in [6.07, 6.45) is 0. The van der Waals surface area contributed by atoms with E-state index in [4.69, 9.17) is 16.7 Å². The fourth-order valence-corrected chi connectivity index (χ4v) is 3.81. The monoisotopic (exact) mass is 528 g/mol. The van der Waals surface area contributed by atoms with Crippen molar-refractivity contribution >= 4 is 56.7 Å². The lowest BCUT2D eigenvalue weighted by Crippen LogP contribution is -2.12. The molecule has 5 aromatic rings. The van der Waals surface area contributed by atoms with Crippen LogP contribution in [0.4, 0.5) is 11.4 Å². The Balaban J connectivity index is 0.000000204. The lowest BCUT2D eigenvalue weighted by Gasteiger charge is -2.08. The highest BCUT2D eigenvalue weighted by Crippen LogP contribution is 2.27. The minimum atomic E-state index is -0.910. The summed E-state index contributed by atoms with van der Waals surface area (Å²) in [5, 5.41) is 24.1. The number of non-ortho nitro benzene ring substituents is 1. The average Bonchev–Trinajstić information content (AvgIpc) is 2.89. The number of nitrogens with one attached hydrogen (secondary N) is 1. The van der Waals surface area contributed by atoms with Crippen LogP contribution in [0.15, 0.2) is 78.9 Å². The molecule has 5 rings (SSSR count). The number of pyridine rings is 2. The second-order valence-electron chi connectivity index (χ2n) is 8.40. The number of carbonyl (C=O) groups is 2. The zero-order valence-electron chi connectivity index (χ0n) is 20.3. The summed E-state index contributed by atoms with van der Waals surface area (Å²) in [5.41, 5.74) is 4.20. The number of carboxylic acid groups (broad SMARTS) is 1. The first-order valence-electron chi connectivity index (χ1n) is 11.3. The maximum absolute atomic E-state index is 12.4. The molecular formula is C28H21ClN4O5. The van der Waals surface area contributed by atoms with Gasteiger partial charge in [0.25, 0.3) is 11.6 Å². The van der Waals surface area contributed by atoms with Crippen LogP contribution in [0.5, 0.6) is 0 Å². The molecule has 0 fully saturated rings. The van der Waals surface area contributed by atoms with Crippen molar-refractivity contribution in [2.45, 2.75) is 13.8 Å². The van der Waals surface area contributed by atoms with Crippen LogP contribution in [-0.2, 0) is 0 Å². The third-order valence-electron chi connectivity index (χ3n) is 5.57. The second kappa shape index (κ2) is 11.0. The number of carbonyl (C=O) groups excluding carboxylic acids is 1. The Labute approximate surface area is 221 Å². The topological polar surface area (TPSA) is 135 Å². The Kier molecular flexibility index (Phi) is 7.59. The number of hydrogen-bond acceptors (Lipinski definition) is 6. The molecular weight excluding hydrogens is 508 g/mol. The molecule has 0 aliphatic rings. The zero-order chi connectivity index (χ0) is 27.4. The van der Waals surface area contributed by atoms with Gasteiger partial charge in [-0.15, -0.1) is 0 Å². The van der Waals surface area contributed by atoms with E-state index >= 15 is 0 Å². The molecule has 38 heavy (non-hydrogen) atoms. The van der Waals surface area contributed by atoms with Crippen LogP contribution in [0.25, 0.3) is 21.8 Å². The molecule has 2 N–H and O–H groups in total. The van der Waals surface area contributed by atoms with E-state index in [1.807, 2.05) is 38.1 Å². The van der Waals surface area contributed by atoms with Crippen molar-refractivity contribution in [2.24, 2.45) is 0 Å². The second-order valence-corrected chi connectivity index (χ2v) is 8.81. The maximum atomic E-state index is 12.4. The minimum absolute atomic E-state index is 0.145. The number of nitro groups is 1. The van der Waals surface area contributed by atoms with Gasteiger partial charge in [0.05, 0.1) is 32.2 Å². The van der Waals surface area contributed by atoms with Crippen LogP contribution < -0.4 is 5.32 Å². The normalized spacial score (nSPS) is 10.5. The van der Waals surface area contributed by atoms with Crippen molar-refractivity contribution in [3.05, 3.63) is 117 Å². The smallest absolute Gasteiger partial charge is 0.335 e. The first-order valence-corrected chi connectivity index (χ1v) is 11.7. The van der Waals surface area contributed by atoms with Gasteiger partial charge in [-0.2, -0.15) is 0 Å². The molecule has 2 aromatic heterocycles. The van der Waals surface area contributed by atoms with Crippen LogP contribution in [0.3, 0.4) is 0 Å². The molecule has 0 aliphatic carbocycles. The number of nitro benzene ring substituents is 1. The van der Waals surface area contributed by atoms with Gasteiger partial charge in [0, 0.05) is 39.9 Å². The van der Waals surface area contributed by atoms with Crippen LogP contribution >= 0.6 is 11.6 Å². The van der Waals surface area contributed by atoms with E-state index in [9.17, 15) is 19.7 Å². The minimum Gasteiger partial charge on any atom is -0.478 e. The number of fused-ring (bicyclic) bond motifs is 2. The molecule has 190 valence electrons. The van der Waals surface area contributed by atoms with Gasteiger partial charge in [-0.1, -0.05) is 23.7 Å². The molecule has 0 bridgehead atoms. The van der Waals surface area contributed by atoms with Gasteiger partial charge in [0.15, 0.2) is 0 Å². The highest BCUT2D eigenvalue weighted by atomic mass is 35.5. The summed E-state index contributed by atoms with van der Waals surface area (Å²) in [7, 11) is 0. The van der Waals surface area contributed by atoms with Crippen molar-refractivity contribution in [2.75, 3.05) is 5.32 Å². The number of aromatic nitrogens is 2. The summed E-state index contributed by atoms with van der Waals surface area (Å²) < 4.78 is 0. The molecule has 0 aliphatic heterocycles. The van der Waals surface area contributed by atoms with Gasteiger partial charge in [-0.25, -0.2) is 4.79 Å². The van der Waals surface area contributed by atoms with E-state index in [1.165, 1.54) is 18.2 Å². The zero-order valence-corrected chi connectivity index (χ0v) is 21.1. The van der Waals surface area contributed by atoms with E-state index in [0.717, 1.165) is 33.2 Å². The van der Waals surface area contributed by atoms with E-state index in [0.29, 0.717) is 11.1 Å². The fraction of sp³-hybridized carbons (Fsp3) is 0.0714. The SMILES string of the molecule is Cc1ccc2cc(C(=O)Nc3cc([N+](=O)[O-])ccc3Cl)ccc2n1.Cc1ccc2cc(C(=O)O)ccc2n1. The molecule has 0 atom stereocenters. The van der Waals surface area contributed by atoms with Gasteiger partial charge >= 0.3 is 5.97 Å². The Morgan fingerprint density at radius 1 is 0.816 bits per heavy atom. The number of hydrogen-bond donors (Lipinski definition) is 2. The summed E-state index contributed by atoms with van der Waals surface area (Å²) in [6.45, 7) is 3.80.